The van der Waals surface area contributed by atoms with E-state index in [1.807, 2.05) is 6.92 Å². The second-order valence-electron chi connectivity index (χ2n) is 8.45. The van der Waals surface area contributed by atoms with Gasteiger partial charge in [0.1, 0.15) is 0 Å². The van der Waals surface area contributed by atoms with Gasteiger partial charge in [-0.05, 0) is 49.6 Å². The summed E-state index contributed by atoms with van der Waals surface area (Å²) in [6.07, 6.45) is 2.80. The van der Waals surface area contributed by atoms with Crippen LogP contribution in [0.25, 0.3) is 0 Å². The Morgan fingerprint density at radius 3 is 2.30 bits per heavy atom. The van der Waals surface area contributed by atoms with Crippen molar-refractivity contribution in [3.63, 3.8) is 0 Å². The number of nitrogens with one attached hydrogen (secondary N) is 1. The average molecular weight is 470 g/mol. The van der Waals surface area contributed by atoms with E-state index in [0.29, 0.717) is 24.2 Å². The Bertz CT molecular complexity index is 1190. The van der Waals surface area contributed by atoms with Crippen molar-refractivity contribution in [2.45, 2.75) is 44.0 Å². The van der Waals surface area contributed by atoms with E-state index < -0.39 is 10.0 Å². The Morgan fingerprint density at radius 1 is 0.939 bits per heavy atom. The molecular formula is C24H27N3O5S. The summed E-state index contributed by atoms with van der Waals surface area (Å²) in [6.45, 7) is 3.18. The summed E-state index contributed by atoms with van der Waals surface area (Å²) in [4.78, 5) is 38.6. The van der Waals surface area contributed by atoms with Gasteiger partial charge in [-0.2, -0.15) is 4.31 Å². The minimum absolute atomic E-state index is 0.00421. The fourth-order valence-corrected chi connectivity index (χ4v) is 5.66. The van der Waals surface area contributed by atoms with Crippen LogP contribution in [-0.2, 0) is 21.4 Å². The van der Waals surface area contributed by atoms with E-state index in [1.54, 1.807) is 42.5 Å². The topological polar surface area (TPSA) is 104 Å². The fraction of sp³-hybridized carbons (Fsp3) is 0.375. The van der Waals surface area contributed by atoms with E-state index in [0.717, 1.165) is 35.3 Å². The number of piperidine rings is 1. The smallest absolute Gasteiger partial charge is 0.261 e. The summed E-state index contributed by atoms with van der Waals surface area (Å²) in [5.74, 6) is -1.06. The van der Waals surface area contributed by atoms with Gasteiger partial charge in [-0.15, -0.1) is 0 Å². The van der Waals surface area contributed by atoms with Crippen molar-refractivity contribution >= 4 is 27.7 Å². The van der Waals surface area contributed by atoms with E-state index in [-0.39, 0.29) is 42.1 Å². The zero-order valence-corrected chi connectivity index (χ0v) is 19.4. The number of aryl methyl sites for hydroxylation is 1. The number of sulfonamides is 1. The van der Waals surface area contributed by atoms with Gasteiger partial charge in [0.2, 0.25) is 15.9 Å². The monoisotopic (exact) mass is 469 g/mol. The first-order valence-corrected chi connectivity index (χ1v) is 12.5. The summed E-state index contributed by atoms with van der Waals surface area (Å²) in [6, 6.07) is 11.6. The van der Waals surface area contributed by atoms with Crippen LogP contribution in [0.15, 0.2) is 47.4 Å². The van der Waals surface area contributed by atoms with Gasteiger partial charge < -0.3 is 5.32 Å². The quantitative estimate of drug-likeness (QED) is 0.628. The molecule has 3 amide bonds. The predicted molar refractivity (Wildman–Crippen MR) is 122 cm³/mol. The number of rotatable bonds is 7. The lowest BCUT2D eigenvalue weighted by Gasteiger charge is -2.25. The lowest BCUT2D eigenvalue weighted by Crippen LogP contribution is -2.35. The van der Waals surface area contributed by atoms with Gasteiger partial charge in [0.25, 0.3) is 11.8 Å². The standard InChI is InChI=1S/C24H27N3O5S/c1-17-5-10-20-21(15-17)24(30)27(23(20)29)14-11-22(28)25-16-18-6-8-19(9-7-18)33(31,32)26-12-3-2-4-13-26/h5-10,15H,2-4,11-14,16H2,1H3,(H,25,28). The Morgan fingerprint density at radius 2 is 1.61 bits per heavy atom. The van der Waals surface area contributed by atoms with Crippen LogP contribution in [0, 0.1) is 6.92 Å². The van der Waals surface area contributed by atoms with Crippen LogP contribution in [0.1, 0.15) is 57.5 Å². The third-order valence-electron chi connectivity index (χ3n) is 6.05. The van der Waals surface area contributed by atoms with E-state index >= 15 is 0 Å². The molecule has 2 aromatic carbocycles. The molecule has 1 saturated heterocycles. The number of fused-ring (bicyclic) bond motifs is 1. The van der Waals surface area contributed by atoms with Crippen LogP contribution in [0.4, 0.5) is 0 Å². The summed E-state index contributed by atoms with van der Waals surface area (Å²) in [7, 11) is -3.49. The molecule has 0 saturated carbocycles. The minimum atomic E-state index is -3.49. The molecule has 1 fully saturated rings. The molecule has 9 heteroatoms. The largest absolute Gasteiger partial charge is 0.352 e. The number of hydrogen-bond acceptors (Lipinski definition) is 5. The zero-order valence-electron chi connectivity index (χ0n) is 18.5. The average Bonchev–Trinajstić information content (AvgIpc) is 3.06. The van der Waals surface area contributed by atoms with Gasteiger partial charge in [0, 0.05) is 32.6 Å². The first kappa shape index (κ1) is 23.1. The summed E-state index contributed by atoms with van der Waals surface area (Å²) in [5.41, 5.74) is 2.40. The highest BCUT2D eigenvalue weighted by atomic mass is 32.2. The molecule has 0 radical (unpaired) electrons. The van der Waals surface area contributed by atoms with Crippen LogP contribution < -0.4 is 5.32 Å². The first-order chi connectivity index (χ1) is 15.8. The van der Waals surface area contributed by atoms with Gasteiger partial charge >= 0.3 is 0 Å². The molecule has 1 N–H and O–H groups in total. The number of benzene rings is 2. The molecule has 0 spiro atoms. The molecule has 174 valence electrons. The van der Waals surface area contributed by atoms with Crippen LogP contribution in [0.5, 0.6) is 0 Å². The van der Waals surface area contributed by atoms with E-state index in [1.165, 1.54) is 4.31 Å². The molecule has 8 nitrogen and oxygen atoms in total. The molecule has 0 aliphatic carbocycles. The molecular weight excluding hydrogens is 442 g/mol. The molecule has 0 bridgehead atoms. The van der Waals surface area contributed by atoms with Crippen molar-refractivity contribution in [1.82, 2.24) is 14.5 Å². The van der Waals surface area contributed by atoms with Gasteiger partial charge in [-0.25, -0.2) is 8.42 Å². The van der Waals surface area contributed by atoms with Gasteiger partial charge in [0.05, 0.1) is 16.0 Å². The van der Waals surface area contributed by atoms with Crippen LogP contribution in [0.2, 0.25) is 0 Å². The molecule has 0 unspecified atom stereocenters. The highest BCUT2D eigenvalue weighted by Crippen LogP contribution is 2.24. The summed E-state index contributed by atoms with van der Waals surface area (Å²) >= 11 is 0. The maximum atomic E-state index is 12.7. The van der Waals surface area contributed by atoms with Crippen LogP contribution in [0.3, 0.4) is 0 Å². The molecule has 0 aromatic heterocycles. The highest BCUT2D eigenvalue weighted by Gasteiger charge is 2.35. The van der Waals surface area contributed by atoms with E-state index in [2.05, 4.69) is 5.32 Å². The zero-order chi connectivity index (χ0) is 23.6. The van der Waals surface area contributed by atoms with Crippen LogP contribution in [-0.4, -0.2) is 55.0 Å². The minimum Gasteiger partial charge on any atom is -0.352 e. The molecule has 33 heavy (non-hydrogen) atoms. The number of nitrogens with zero attached hydrogens (tertiary/aromatic N) is 2. The maximum absolute atomic E-state index is 12.7. The number of carbonyl (C=O) groups is 3. The molecule has 2 aliphatic heterocycles. The normalized spacial score (nSPS) is 16.7. The third kappa shape index (κ3) is 4.84. The van der Waals surface area contributed by atoms with Gasteiger partial charge in [-0.1, -0.05) is 30.2 Å². The number of imide groups is 1. The molecule has 2 aliphatic rings. The SMILES string of the molecule is Cc1ccc2c(c1)C(=O)N(CCC(=O)NCc1ccc(S(=O)(=O)N3CCCCC3)cc1)C2=O. The fourth-order valence-electron chi connectivity index (χ4n) is 4.14. The van der Waals surface area contributed by atoms with E-state index in [4.69, 9.17) is 0 Å². The van der Waals surface area contributed by atoms with Crippen molar-refractivity contribution in [3.05, 3.63) is 64.7 Å². The predicted octanol–water partition coefficient (Wildman–Crippen LogP) is 2.47. The van der Waals surface area contributed by atoms with E-state index in [9.17, 15) is 22.8 Å². The number of amides is 3. The highest BCUT2D eigenvalue weighted by molar-refractivity contribution is 7.89. The van der Waals surface area contributed by atoms with Crippen molar-refractivity contribution in [1.29, 1.82) is 0 Å². The number of hydrogen-bond donors (Lipinski definition) is 1. The van der Waals surface area contributed by atoms with Crippen molar-refractivity contribution in [2.75, 3.05) is 19.6 Å². The molecule has 2 aromatic rings. The summed E-state index contributed by atoms with van der Waals surface area (Å²) in [5, 5.41) is 2.76. The Labute approximate surface area is 193 Å². The van der Waals surface area contributed by atoms with Crippen molar-refractivity contribution < 1.29 is 22.8 Å². The lowest BCUT2D eigenvalue weighted by molar-refractivity contribution is -0.121. The third-order valence-corrected chi connectivity index (χ3v) is 7.97. The Balaban J connectivity index is 1.29. The van der Waals surface area contributed by atoms with Crippen molar-refractivity contribution in [2.24, 2.45) is 0 Å². The maximum Gasteiger partial charge on any atom is 0.261 e. The molecule has 2 heterocycles. The molecule has 4 rings (SSSR count). The van der Waals surface area contributed by atoms with Crippen molar-refractivity contribution in [3.8, 4) is 0 Å². The van der Waals surface area contributed by atoms with Gasteiger partial charge in [0.15, 0.2) is 0 Å². The molecule has 0 atom stereocenters. The number of carbonyl (C=O) groups excluding carboxylic acids is 3. The lowest BCUT2D eigenvalue weighted by atomic mass is 10.1. The Kier molecular flexibility index (Phi) is 6.62. The van der Waals surface area contributed by atoms with Crippen LogP contribution >= 0.6 is 0 Å². The summed E-state index contributed by atoms with van der Waals surface area (Å²) < 4.78 is 27.0. The Hall–Kier alpha value is -3.04. The first-order valence-electron chi connectivity index (χ1n) is 11.1. The second kappa shape index (κ2) is 9.44. The second-order valence-corrected chi connectivity index (χ2v) is 10.4. The van der Waals surface area contributed by atoms with Gasteiger partial charge in [-0.3, -0.25) is 19.3 Å².